The van der Waals surface area contributed by atoms with E-state index in [1.807, 2.05) is 0 Å². The molecule has 3 heteroatoms. The van der Waals surface area contributed by atoms with Crippen molar-refractivity contribution >= 4 is 0 Å². The second-order valence-electron chi connectivity index (χ2n) is 7.66. The minimum absolute atomic E-state index is 0.274. The lowest BCUT2D eigenvalue weighted by Crippen LogP contribution is -2.67. The van der Waals surface area contributed by atoms with Crippen molar-refractivity contribution in [3.63, 3.8) is 0 Å². The van der Waals surface area contributed by atoms with E-state index < -0.39 is 0 Å². The molecule has 0 amide bonds. The van der Waals surface area contributed by atoms with Crippen LogP contribution in [0.15, 0.2) is 30.3 Å². The maximum atomic E-state index is 9.27. The van der Waals surface area contributed by atoms with E-state index in [-0.39, 0.29) is 6.61 Å². The van der Waals surface area contributed by atoms with Gasteiger partial charge in [0.2, 0.25) is 0 Å². The molecule has 1 aliphatic heterocycles. The highest BCUT2D eigenvalue weighted by Crippen LogP contribution is 2.61. The Morgan fingerprint density at radius 3 is 2.74 bits per heavy atom. The van der Waals surface area contributed by atoms with Gasteiger partial charge in [0, 0.05) is 36.6 Å². The van der Waals surface area contributed by atoms with Crippen molar-refractivity contribution in [1.82, 2.24) is 5.32 Å². The monoisotopic (exact) mass is 315 g/mol. The number of fused-ring (bicyclic) bond motifs is 2. The topological polar surface area (TPSA) is 41.5 Å². The third kappa shape index (κ3) is 2.63. The van der Waals surface area contributed by atoms with Crippen LogP contribution in [0, 0.1) is 11.3 Å². The fraction of sp³-hybridized carbons (Fsp3) is 0.700. The first-order chi connectivity index (χ1) is 11.3. The van der Waals surface area contributed by atoms with Gasteiger partial charge in [0.1, 0.15) is 0 Å². The summed E-state index contributed by atoms with van der Waals surface area (Å²) in [6, 6.07) is 11.7. The third-order valence-electron chi connectivity index (χ3n) is 6.52. The standard InChI is InChI=1S/C20H29NO2/c22-13-6-9-17(15-7-2-1-3-8-15)21-18-16-10-14-23-19(16)20(18)11-4-5-12-20/h1-3,7-8,16-19,21-22H,4-6,9-14H2. The first-order valence-corrected chi connectivity index (χ1v) is 9.38. The van der Waals surface area contributed by atoms with Crippen LogP contribution in [0.5, 0.6) is 0 Å². The Bertz CT molecular complexity index is 512. The minimum atomic E-state index is 0.274. The number of hydrogen-bond acceptors (Lipinski definition) is 3. The van der Waals surface area contributed by atoms with Crippen molar-refractivity contribution in [3.8, 4) is 0 Å². The average molecular weight is 315 g/mol. The van der Waals surface area contributed by atoms with Gasteiger partial charge < -0.3 is 15.2 Å². The molecule has 126 valence electrons. The highest BCUT2D eigenvalue weighted by molar-refractivity contribution is 5.22. The second-order valence-corrected chi connectivity index (χ2v) is 7.66. The molecule has 4 unspecified atom stereocenters. The quantitative estimate of drug-likeness (QED) is 0.845. The molecule has 23 heavy (non-hydrogen) atoms. The molecule has 0 aromatic heterocycles. The van der Waals surface area contributed by atoms with Crippen LogP contribution in [0.25, 0.3) is 0 Å². The van der Waals surface area contributed by atoms with Crippen molar-refractivity contribution in [1.29, 1.82) is 0 Å². The summed E-state index contributed by atoms with van der Waals surface area (Å²) in [5.41, 5.74) is 1.75. The lowest BCUT2D eigenvalue weighted by Gasteiger charge is -2.58. The molecule has 1 saturated heterocycles. The van der Waals surface area contributed by atoms with Gasteiger partial charge in [-0.2, -0.15) is 0 Å². The molecule has 1 aromatic carbocycles. The van der Waals surface area contributed by atoms with E-state index in [0.29, 0.717) is 29.5 Å². The summed E-state index contributed by atoms with van der Waals surface area (Å²) in [7, 11) is 0. The van der Waals surface area contributed by atoms with Crippen molar-refractivity contribution in [2.24, 2.45) is 11.3 Å². The zero-order valence-corrected chi connectivity index (χ0v) is 13.9. The summed E-state index contributed by atoms with van der Waals surface area (Å²) < 4.78 is 6.11. The molecule has 4 atom stereocenters. The van der Waals surface area contributed by atoms with Gasteiger partial charge in [-0.25, -0.2) is 0 Å². The molecule has 3 aliphatic rings. The Kier molecular flexibility index (Phi) is 4.44. The highest BCUT2D eigenvalue weighted by atomic mass is 16.5. The van der Waals surface area contributed by atoms with Crippen LogP contribution >= 0.6 is 0 Å². The Labute approximate surface area is 139 Å². The van der Waals surface area contributed by atoms with Crippen molar-refractivity contribution in [2.75, 3.05) is 13.2 Å². The molecule has 4 rings (SSSR count). The van der Waals surface area contributed by atoms with E-state index in [4.69, 9.17) is 4.74 Å². The van der Waals surface area contributed by atoms with Crippen LogP contribution < -0.4 is 5.32 Å². The van der Waals surface area contributed by atoms with Crippen LogP contribution in [0.1, 0.15) is 56.6 Å². The minimum Gasteiger partial charge on any atom is -0.396 e. The summed E-state index contributed by atoms with van der Waals surface area (Å²) >= 11 is 0. The second kappa shape index (κ2) is 6.54. The molecular weight excluding hydrogens is 286 g/mol. The molecule has 0 radical (unpaired) electrons. The lowest BCUT2D eigenvalue weighted by atomic mass is 9.54. The van der Waals surface area contributed by atoms with E-state index in [1.165, 1.54) is 37.7 Å². The molecule has 1 aromatic rings. The number of rotatable bonds is 6. The third-order valence-corrected chi connectivity index (χ3v) is 6.52. The summed E-state index contributed by atoms with van der Waals surface area (Å²) in [6.45, 7) is 1.22. The number of benzene rings is 1. The van der Waals surface area contributed by atoms with Gasteiger partial charge >= 0.3 is 0 Å². The van der Waals surface area contributed by atoms with E-state index in [9.17, 15) is 5.11 Å². The largest absolute Gasteiger partial charge is 0.396 e. The lowest BCUT2D eigenvalue weighted by molar-refractivity contribution is -0.133. The van der Waals surface area contributed by atoms with Gasteiger partial charge in [-0.05, 0) is 37.7 Å². The van der Waals surface area contributed by atoms with Crippen molar-refractivity contribution in [2.45, 2.75) is 63.1 Å². The zero-order valence-electron chi connectivity index (χ0n) is 13.9. The van der Waals surface area contributed by atoms with Crippen LogP contribution in [-0.4, -0.2) is 30.5 Å². The number of nitrogens with one attached hydrogen (secondary N) is 1. The van der Waals surface area contributed by atoms with Gasteiger partial charge in [0.05, 0.1) is 6.10 Å². The van der Waals surface area contributed by atoms with Crippen molar-refractivity contribution in [3.05, 3.63) is 35.9 Å². The maximum absolute atomic E-state index is 9.27. The fourth-order valence-corrected chi connectivity index (χ4v) is 5.49. The molecule has 2 saturated carbocycles. The normalized spacial score (nSPS) is 32.7. The molecule has 1 spiro atoms. The smallest absolute Gasteiger partial charge is 0.0690 e. The first kappa shape index (κ1) is 15.6. The Hall–Kier alpha value is -0.900. The van der Waals surface area contributed by atoms with E-state index >= 15 is 0 Å². The molecule has 1 heterocycles. The average Bonchev–Trinajstić information content (AvgIpc) is 3.24. The molecule has 3 nitrogen and oxygen atoms in total. The van der Waals surface area contributed by atoms with Gasteiger partial charge in [0.15, 0.2) is 0 Å². The summed E-state index contributed by atoms with van der Waals surface area (Å²) in [5, 5.41) is 13.3. The zero-order chi connectivity index (χ0) is 15.7. The van der Waals surface area contributed by atoms with E-state index in [2.05, 4.69) is 35.6 Å². The van der Waals surface area contributed by atoms with E-state index in [1.54, 1.807) is 0 Å². The van der Waals surface area contributed by atoms with Crippen LogP contribution in [0.3, 0.4) is 0 Å². The van der Waals surface area contributed by atoms with Gasteiger partial charge in [-0.1, -0.05) is 43.2 Å². The number of hydrogen-bond donors (Lipinski definition) is 2. The predicted octanol–water partition coefficient (Wildman–Crippen LogP) is 3.44. The highest BCUT2D eigenvalue weighted by Gasteiger charge is 2.64. The van der Waals surface area contributed by atoms with Gasteiger partial charge in [0.25, 0.3) is 0 Å². The van der Waals surface area contributed by atoms with Gasteiger partial charge in [-0.3, -0.25) is 0 Å². The molecule has 3 fully saturated rings. The Morgan fingerprint density at radius 1 is 1.22 bits per heavy atom. The molecule has 0 bridgehead atoms. The van der Waals surface area contributed by atoms with Gasteiger partial charge in [-0.15, -0.1) is 0 Å². The number of aliphatic hydroxyl groups is 1. The van der Waals surface area contributed by atoms with Crippen molar-refractivity contribution < 1.29 is 9.84 Å². The maximum Gasteiger partial charge on any atom is 0.0690 e. The molecule has 2 aliphatic carbocycles. The summed E-state index contributed by atoms with van der Waals surface area (Å²) in [5.74, 6) is 0.702. The van der Waals surface area contributed by atoms with Crippen LogP contribution in [0.4, 0.5) is 0 Å². The van der Waals surface area contributed by atoms with Crippen LogP contribution in [-0.2, 0) is 4.74 Å². The first-order valence-electron chi connectivity index (χ1n) is 9.38. The SMILES string of the molecule is OCCCC(NC1C2CCOC2C12CCCC2)c1ccccc1. The number of ether oxygens (including phenoxy) is 1. The fourth-order valence-electron chi connectivity index (χ4n) is 5.49. The number of aliphatic hydroxyl groups excluding tert-OH is 1. The predicted molar refractivity (Wildman–Crippen MR) is 91.2 cm³/mol. The molecule has 2 N–H and O–H groups in total. The Balaban J connectivity index is 1.53. The van der Waals surface area contributed by atoms with E-state index in [0.717, 1.165) is 19.4 Å². The Morgan fingerprint density at radius 2 is 2.00 bits per heavy atom. The molecular formula is C20H29NO2. The summed E-state index contributed by atoms with van der Waals surface area (Å²) in [6.07, 6.45) is 8.96. The summed E-state index contributed by atoms with van der Waals surface area (Å²) in [4.78, 5) is 0. The van der Waals surface area contributed by atoms with Crippen LogP contribution in [0.2, 0.25) is 0 Å².